The van der Waals surface area contributed by atoms with Crippen molar-refractivity contribution in [1.82, 2.24) is 0 Å². The molecule has 0 saturated heterocycles. The number of aliphatic hydroxyl groups is 1. The summed E-state index contributed by atoms with van der Waals surface area (Å²) < 4.78 is 12.7. The van der Waals surface area contributed by atoms with Gasteiger partial charge in [0, 0.05) is 5.56 Å². The van der Waals surface area contributed by atoms with E-state index in [0.29, 0.717) is 0 Å². The summed E-state index contributed by atoms with van der Waals surface area (Å²) in [5.41, 5.74) is 0.116. The smallest absolute Gasteiger partial charge is 0.129 e. The molecule has 0 unspecified atom stereocenters. The maximum Gasteiger partial charge on any atom is 0.129 e. The first-order valence-electron chi connectivity index (χ1n) is 3.27. The molecule has 2 N–H and O–H groups in total. The van der Waals surface area contributed by atoms with E-state index in [1.807, 2.05) is 0 Å². The zero-order valence-electron chi connectivity index (χ0n) is 6.08. The van der Waals surface area contributed by atoms with Crippen LogP contribution in [0, 0.1) is 5.82 Å². The van der Waals surface area contributed by atoms with Crippen LogP contribution in [0.1, 0.15) is 18.6 Å². The third-order valence-corrected chi connectivity index (χ3v) is 1.43. The van der Waals surface area contributed by atoms with Crippen molar-refractivity contribution in [1.29, 1.82) is 0 Å². The van der Waals surface area contributed by atoms with Gasteiger partial charge in [-0.05, 0) is 25.1 Å². The molecule has 0 saturated carbocycles. The van der Waals surface area contributed by atoms with Crippen molar-refractivity contribution < 1.29 is 14.6 Å². The lowest BCUT2D eigenvalue weighted by Crippen LogP contribution is -1.94. The second-order valence-corrected chi connectivity index (χ2v) is 2.38. The van der Waals surface area contributed by atoms with Crippen LogP contribution in [-0.2, 0) is 0 Å². The Hall–Kier alpha value is -1.09. The summed E-state index contributed by atoms with van der Waals surface area (Å²) >= 11 is 0. The predicted octanol–water partition coefficient (Wildman–Crippen LogP) is 1.58. The third-order valence-electron chi connectivity index (χ3n) is 1.43. The van der Waals surface area contributed by atoms with Gasteiger partial charge in [-0.1, -0.05) is 0 Å². The molecular weight excluding hydrogens is 147 g/mol. The van der Waals surface area contributed by atoms with Crippen molar-refractivity contribution in [3.05, 3.63) is 29.6 Å². The number of aliphatic hydroxyl groups excluding tert-OH is 1. The quantitative estimate of drug-likeness (QED) is 0.648. The van der Waals surface area contributed by atoms with Crippen LogP contribution in [0.4, 0.5) is 4.39 Å². The Bertz CT molecular complexity index is 258. The van der Waals surface area contributed by atoms with E-state index < -0.39 is 11.9 Å². The van der Waals surface area contributed by atoms with Crippen molar-refractivity contribution in [2.24, 2.45) is 0 Å². The van der Waals surface area contributed by atoms with Gasteiger partial charge in [-0.25, -0.2) is 4.39 Å². The van der Waals surface area contributed by atoms with E-state index in [1.165, 1.54) is 19.1 Å². The Morgan fingerprint density at radius 1 is 1.45 bits per heavy atom. The first-order valence-corrected chi connectivity index (χ1v) is 3.27. The minimum atomic E-state index is -0.887. The van der Waals surface area contributed by atoms with Gasteiger partial charge < -0.3 is 10.2 Å². The standard InChI is InChI=1S/C8H9FO2/c1-5(10)7-4-6(11)2-3-8(7)9/h2-5,10-11H,1H3/t5-/m1/s1. The Kier molecular flexibility index (Phi) is 2.10. The molecule has 0 bridgehead atoms. The van der Waals surface area contributed by atoms with Crippen molar-refractivity contribution in [2.75, 3.05) is 0 Å². The normalized spacial score (nSPS) is 13.0. The SMILES string of the molecule is C[C@@H](O)c1cc(O)ccc1F. The zero-order chi connectivity index (χ0) is 8.43. The van der Waals surface area contributed by atoms with Gasteiger partial charge >= 0.3 is 0 Å². The van der Waals surface area contributed by atoms with E-state index in [2.05, 4.69) is 0 Å². The molecular formula is C8H9FO2. The van der Waals surface area contributed by atoms with Gasteiger partial charge in [0.1, 0.15) is 11.6 Å². The zero-order valence-corrected chi connectivity index (χ0v) is 6.08. The van der Waals surface area contributed by atoms with Gasteiger partial charge in [0.05, 0.1) is 6.10 Å². The summed E-state index contributed by atoms with van der Waals surface area (Å²) in [6, 6.07) is 3.57. The molecule has 2 nitrogen and oxygen atoms in total. The lowest BCUT2D eigenvalue weighted by molar-refractivity contribution is 0.193. The lowest BCUT2D eigenvalue weighted by Gasteiger charge is -2.05. The molecule has 0 aliphatic rings. The Morgan fingerprint density at radius 3 is 2.55 bits per heavy atom. The summed E-state index contributed by atoms with van der Waals surface area (Å²) in [5.74, 6) is -0.542. The van der Waals surface area contributed by atoms with E-state index in [4.69, 9.17) is 10.2 Å². The van der Waals surface area contributed by atoms with Crippen molar-refractivity contribution in [3.63, 3.8) is 0 Å². The number of halogens is 1. The average molecular weight is 156 g/mol. The van der Waals surface area contributed by atoms with Crippen LogP contribution in [0.3, 0.4) is 0 Å². The third kappa shape index (κ3) is 1.68. The summed E-state index contributed by atoms with van der Waals surface area (Å²) in [6.45, 7) is 1.44. The summed E-state index contributed by atoms with van der Waals surface area (Å²) in [5, 5.41) is 17.9. The summed E-state index contributed by atoms with van der Waals surface area (Å²) in [4.78, 5) is 0. The lowest BCUT2D eigenvalue weighted by atomic mass is 10.1. The highest BCUT2D eigenvalue weighted by molar-refractivity contribution is 5.29. The molecule has 3 heteroatoms. The molecule has 0 amide bonds. The highest BCUT2D eigenvalue weighted by Gasteiger charge is 2.07. The van der Waals surface area contributed by atoms with Gasteiger partial charge in [0.2, 0.25) is 0 Å². The molecule has 0 aromatic heterocycles. The Labute approximate surface area is 63.9 Å². The van der Waals surface area contributed by atoms with Gasteiger partial charge in [0.25, 0.3) is 0 Å². The van der Waals surface area contributed by atoms with Crippen molar-refractivity contribution >= 4 is 0 Å². The van der Waals surface area contributed by atoms with Crippen LogP contribution in [0.25, 0.3) is 0 Å². The fourth-order valence-corrected chi connectivity index (χ4v) is 0.851. The summed E-state index contributed by atoms with van der Waals surface area (Å²) in [6.07, 6.45) is -0.887. The van der Waals surface area contributed by atoms with E-state index >= 15 is 0 Å². The van der Waals surface area contributed by atoms with E-state index in [-0.39, 0.29) is 11.3 Å². The topological polar surface area (TPSA) is 40.5 Å². The van der Waals surface area contributed by atoms with Gasteiger partial charge in [-0.15, -0.1) is 0 Å². The number of hydrogen-bond donors (Lipinski definition) is 2. The molecule has 0 aliphatic heterocycles. The van der Waals surface area contributed by atoms with Crippen LogP contribution < -0.4 is 0 Å². The summed E-state index contributed by atoms with van der Waals surface area (Å²) in [7, 11) is 0. The minimum absolute atomic E-state index is 0.0395. The van der Waals surface area contributed by atoms with Crippen LogP contribution in [-0.4, -0.2) is 10.2 Å². The predicted molar refractivity (Wildman–Crippen MR) is 38.7 cm³/mol. The molecule has 0 radical (unpaired) electrons. The number of rotatable bonds is 1. The van der Waals surface area contributed by atoms with Crippen molar-refractivity contribution in [3.8, 4) is 5.75 Å². The molecule has 1 aromatic rings. The fourth-order valence-electron chi connectivity index (χ4n) is 0.851. The second kappa shape index (κ2) is 2.88. The molecule has 0 spiro atoms. The monoisotopic (exact) mass is 156 g/mol. The van der Waals surface area contributed by atoms with Crippen LogP contribution >= 0.6 is 0 Å². The second-order valence-electron chi connectivity index (χ2n) is 2.38. The maximum absolute atomic E-state index is 12.7. The highest BCUT2D eigenvalue weighted by Crippen LogP contribution is 2.20. The molecule has 60 valence electrons. The van der Waals surface area contributed by atoms with Crippen LogP contribution in [0.15, 0.2) is 18.2 Å². The van der Waals surface area contributed by atoms with Gasteiger partial charge in [-0.3, -0.25) is 0 Å². The van der Waals surface area contributed by atoms with Crippen LogP contribution in [0.5, 0.6) is 5.75 Å². The number of benzene rings is 1. The number of phenols is 1. The Balaban J connectivity index is 3.13. The van der Waals surface area contributed by atoms with E-state index in [1.54, 1.807) is 0 Å². The van der Waals surface area contributed by atoms with Gasteiger partial charge in [-0.2, -0.15) is 0 Å². The van der Waals surface area contributed by atoms with Crippen molar-refractivity contribution in [2.45, 2.75) is 13.0 Å². The average Bonchev–Trinajstić information content (AvgIpc) is 1.94. The number of aromatic hydroxyl groups is 1. The molecule has 11 heavy (non-hydrogen) atoms. The van der Waals surface area contributed by atoms with E-state index in [0.717, 1.165) is 6.07 Å². The molecule has 0 heterocycles. The minimum Gasteiger partial charge on any atom is -0.508 e. The fraction of sp³-hybridized carbons (Fsp3) is 0.250. The number of hydrogen-bond acceptors (Lipinski definition) is 2. The first kappa shape index (κ1) is 8.01. The Morgan fingerprint density at radius 2 is 2.09 bits per heavy atom. The maximum atomic E-state index is 12.7. The van der Waals surface area contributed by atoms with Gasteiger partial charge in [0.15, 0.2) is 0 Å². The molecule has 0 aliphatic carbocycles. The molecule has 0 fully saturated rings. The largest absolute Gasteiger partial charge is 0.508 e. The molecule has 1 rings (SSSR count). The first-order chi connectivity index (χ1) is 5.11. The molecule has 1 atom stereocenters. The van der Waals surface area contributed by atoms with E-state index in [9.17, 15) is 4.39 Å². The number of phenolic OH excluding ortho intramolecular Hbond substituents is 1. The van der Waals surface area contributed by atoms with Crippen LogP contribution in [0.2, 0.25) is 0 Å². The highest BCUT2D eigenvalue weighted by atomic mass is 19.1. The molecule has 1 aromatic carbocycles.